The average molecular weight is 396 g/mol. The Bertz CT molecular complexity index is 808. The number of esters is 1. The maximum absolute atomic E-state index is 13.5. The van der Waals surface area contributed by atoms with Crippen LogP contribution in [0.3, 0.4) is 0 Å². The molecule has 1 rings (SSSR count). The van der Waals surface area contributed by atoms with E-state index in [1.54, 1.807) is 20.8 Å². The van der Waals surface area contributed by atoms with Crippen molar-refractivity contribution in [1.82, 2.24) is 4.98 Å². The Morgan fingerprint density at radius 1 is 1.15 bits per heavy atom. The van der Waals surface area contributed by atoms with Crippen LogP contribution in [0, 0.1) is 0 Å². The molecule has 0 saturated heterocycles. The molecule has 0 aliphatic carbocycles. The highest BCUT2D eigenvalue weighted by Gasteiger charge is 2.25. The first-order valence-corrected chi connectivity index (χ1v) is 6.98. The quantitative estimate of drug-likeness (QED) is 0.329. The molecule has 7 nitrogen and oxygen atoms in total. The zero-order valence-electron chi connectivity index (χ0n) is 14.1. The smallest absolute Gasteiger partial charge is 0.415 e. The van der Waals surface area contributed by atoms with Gasteiger partial charge in [-0.3, -0.25) is 0 Å². The summed E-state index contributed by atoms with van der Waals surface area (Å²) in [6.45, 7) is 4.72. The molecule has 148 valence electrons. The van der Waals surface area contributed by atoms with Gasteiger partial charge in [0.25, 0.3) is 0 Å². The van der Waals surface area contributed by atoms with Gasteiger partial charge in [-0.1, -0.05) is 0 Å². The lowest BCUT2D eigenvalue weighted by molar-refractivity contribution is 0.0600. The molecule has 0 aliphatic rings. The van der Waals surface area contributed by atoms with E-state index in [0.717, 1.165) is 0 Å². The fraction of sp³-hybridized carbons (Fsp3) is 0.267. The van der Waals surface area contributed by atoms with Gasteiger partial charge in [0.15, 0.2) is 17.3 Å². The van der Waals surface area contributed by atoms with Gasteiger partial charge in [0, 0.05) is 0 Å². The molecule has 0 aromatic carbocycles. The van der Waals surface area contributed by atoms with Crippen LogP contribution in [0.4, 0.5) is 32.8 Å². The van der Waals surface area contributed by atoms with Crippen LogP contribution in [0.2, 0.25) is 0 Å². The van der Waals surface area contributed by atoms with Crippen LogP contribution in [-0.2, 0) is 9.47 Å². The Balaban J connectivity index is 2.97. The first-order valence-electron chi connectivity index (χ1n) is 6.98. The summed E-state index contributed by atoms with van der Waals surface area (Å²) in [4.78, 5) is 26.7. The normalized spacial score (nSPS) is 13.8. The maximum atomic E-state index is 13.5. The van der Waals surface area contributed by atoms with Crippen molar-refractivity contribution in [1.29, 1.82) is 0 Å². The van der Waals surface area contributed by atoms with Crippen LogP contribution < -0.4 is 5.32 Å². The fourth-order valence-corrected chi connectivity index (χ4v) is 1.37. The van der Waals surface area contributed by atoms with Crippen molar-refractivity contribution in [2.24, 2.45) is 0 Å². The van der Waals surface area contributed by atoms with E-state index < -0.39 is 65.3 Å². The van der Waals surface area contributed by atoms with Gasteiger partial charge in [-0.2, -0.15) is 9.37 Å². The molecule has 27 heavy (non-hydrogen) atoms. The molecule has 1 amide bonds. The highest BCUT2D eigenvalue weighted by atomic mass is 19.2. The molecule has 0 spiro atoms. The minimum absolute atomic E-state index is 0.543. The molecule has 1 N–H and O–H groups in total. The van der Waals surface area contributed by atoms with Crippen molar-refractivity contribution in [3.05, 3.63) is 47.9 Å². The number of hydrogen-bond acceptors (Lipinski definition) is 6. The molecule has 0 bridgehead atoms. The first kappa shape index (κ1) is 21.9. The highest BCUT2D eigenvalue weighted by molar-refractivity contribution is 5.89. The molecule has 0 saturated carbocycles. The number of allylic oxidation sites excluding steroid dienone is 3. The van der Waals surface area contributed by atoms with Gasteiger partial charge in [-0.05, 0) is 20.8 Å². The van der Waals surface area contributed by atoms with E-state index in [0.29, 0.717) is 6.26 Å². The van der Waals surface area contributed by atoms with Gasteiger partial charge in [0.05, 0.1) is 0 Å². The van der Waals surface area contributed by atoms with Crippen LogP contribution >= 0.6 is 0 Å². The molecular formula is C15H13F5N2O5. The minimum Gasteiger partial charge on any atom is -0.443 e. The number of nitrogens with one attached hydrogen (secondary N) is 1. The monoisotopic (exact) mass is 396 g/mol. The second-order valence-corrected chi connectivity index (χ2v) is 5.61. The summed E-state index contributed by atoms with van der Waals surface area (Å²) < 4.78 is 77.5. The summed E-state index contributed by atoms with van der Waals surface area (Å²) in [6, 6.07) is -0.543. The number of anilines is 1. The molecule has 0 aliphatic heterocycles. The van der Waals surface area contributed by atoms with Gasteiger partial charge in [0.2, 0.25) is 11.6 Å². The molecule has 1 aromatic rings. The second kappa shape index (κ2) is 8.96. The number of oxazole rings is 1. The maximum Gasteiger partial charge on any atom is 0.415 e. The summed E-state index contributed by atoms with van der Waals surface area (Å²) in [6.07, 6.45) is -2.11. The largest absolute Gasteiger partial charge is 0.443 e. The number of aromatic nitrogens is 1. The number of hydrogen-bond donors (Lipinski definition) is 1. The summed E-state index contributed by atoms with van der Waals surface area (Å²) in [5.74, 6) is -10.2. The van der Waals surface area contributed by atoms with E-state index in [1.807, 2.05) is 5.32 Å². The zero-order valence-corrected chi connectivity index (χ0v) is 14.1. The van der Waals surface area contributed by atoms with E-state index in [9.17, 15) is 31.5 Å². The zero-order chi connectivity index (χ0) is 20.8. The van der Waals surface area contributed by atoms with Crippen molar-refractivity contribution >= 4 is 18.1 Å². The van der Waals surface area contributed by atoms with Crippen LogP contribution in [0.15, 0.2) is 46.6 Å². The standard InChI is InChI=1S/C15H13F5N2O5/c1-15(2,3)27-14(24)22-13-21-9(6-25-13)12(23)26-11(8(19)5-17)10(20)7(18)4-16/h4-6H,1-3H3,(H,21,22,24)/b7-4-,8-5-,11-10-. The Kier molecular flexibility index (Phi) is 7.26. The van der Waals surface area contributed by atoms with E-state index in [4.69, 9.17) is 9.15 Å². The van der Waals surface area contributed by atoms with Crippen LogP contribution in [0.1, 0.15) is 31.3 Å². The van der Waals surface area contributed by atoms with E-state index in [1.165, 1.54) is 0 Å². The van der Waals surface area contributed by atoms with Gasteiger partial charge < -0.3 is 13.9 Å². The average Bonchev–Trinajstić information content (AvgIpc) is 3.04. The Morgan fingerprint density at radius 2 is 1.74 bits per heavy atom. The molecule has 1 aromatic heterocycles. The lowest BCUT2D eigenvalue weighted by Crippen LogP contribution is -2.27. The molecule has 12 heteroatoms. The summed E-state index contributed by atoms with van der Waals surface area (Å²) in [5, 5.41) is 2.01. The predicted molar refractivity (Wildman–Crippen MR) is 80.5 cm³/mol. The van der Waals surface area contributed by atoms with Crippen molar-refractivity contribution in [2.75, 3.05) is 5.32 Å². The number of carbonyl (C=O) groups is 2. The fourth-order valence-electron chi connectivity index (χ4n) is 1.37. The minimum atomic E-state index is -2.31. The lowest BCUT2D eigenvalue weighted by Gasteiger charge is -2.18. The number of rotatable bonds is 5. The van der Waals surface area contributed by atoms with Crippen molar-refractivity contribution < 1.29 is 45.4 Å². The Labute approximate surface area is 149 Å². The topological polar surface area (TPSA) is 90.7 Å². The van der Waals surface area contributed by atoms with Crippen molar-refractivity contribution in [2.45, 2.75) is 26.4 Å². The first-order chi connectivity index (χ1) is 12.5. The molecule has 0 fully saturated rings. The predicted octanol–water partition coefficient (Wildman–Crippen LogP) is 4.92. The number of ether oxygens (including phenoxy) is 2. The van der Waals surface area contributed by atoms with Gasteiger partial charge in [0.1, 0.15) is 24.5 Å². The molecule has 1 heterocycles. The third kappa shape index (κ3) is 6.56. The van der Waals surface area contributed by atoms with Crippen LogP contribution in [-0.4, -0.2) is 22.6 Å². The van der Waals surface area contributed by atoms with E-state index in [-0.39, 0.29) is 0 Å². The molecule has 0 unspecified atom stereocenters. The molecule has 0 radical (unpaired) electrons. The lowest BCUT2D eigenvalue weighted by atomic mass is 10.2. The van der Waals surface area contributed by atoms with Crippen LogP contribution in [0.25, 0.3) is 0 Å². The Hall–Kier alpha value is -3.18. The van der Waals surface area contributed by atoms with Gasteiger partial charge in [-0.25, -0.2) is 32.5 Å². The highest BCUT2D eigenvalue weighted by Crippen LogP contribution is 2.26. The SMILES string of the molecule is CC(C)(C)OC(=O)Nc1nc(C(=O)OC(/C(F)=C/F)=C(F)/C(F)=C/F)co1. The third-order valence-electron chi connectivity index (χ3n) is 2.33. The Morgan fingerprint density at radius 3 is 2.26 bits per heavy atom. The van der Waals surface area contributed by atoms with E-state index >= 15 is 0 Å². The summed E-state index contributed by atoms with van der Waals surface area (Å²) in [7, 11) is 0. The molecular weight excluding hydrogens is 383 g/mol. The second-order valence-electron chi connectivity index (χ2n) is 5.61. The third-order valence-corrected chi connectivity index (χ3v) is 2.33. The van der Waals surface area contributed by atoms with Gasteiger partial charge in [-0.15, -0.1) is 0 Å². The van der Waals surface area contributed by atoms with Crippen molar-refractivity contribution in [3.63, 3.8) is 0 Å². The van der Waals surface area contributed by atoms with Gasteiger partial charge >= 0.3 is 18.1 Å². The van der Waals surface area contributed by atoms with Crippen LogP contribution in [0.5, 0.6) is 0 Å². The number of carbonyl (C=O) groups excluding carboxylic acids is 2. The van der Waals surface area contributed by atoms with E-state index in [2.05, 4.69) is 9.72 Å². The number of nitrogens with zero attached hydrogens (tertiary/aromatic N) is 1. The number of amides is 1. The summed E-state index contributed by atoms with van der Waals surface area (Å²) in [5.41, 5.74) is -1.58. The number of halogens is 5. The van der Waals surface area contributed by atoms with Crippen molar-refractivity contribution in [3.8, 4) is 0 Å². The summed E-state index contributed by atoms with van der Waals surface area (Å²) >= 11 is 0. The molecule has 0 atom stereocenters.